The fraction of sp³-hybridized carbons (Fsp3) is 0.320. The number of fused-ring (bicyclic) bond motifs is 2. The topological polar surface area (TPSA) is 26.8 Å². The Bertz CT molecular complexity index is 1170. The van der Waals surface area contributed by atoms with Gasteiger partial charge in [0.05, 0.1) is 5.56 Å². The highest BCUT2D eigenvalue weighted by molar-refractivity contribution is 6.09. The minimum absolute atomic E-state index is 0.262. The molecule has 0 bridgehead atoms. The Morgan fingerprint density at radius 3 is 2.28 bits per heavy atom. The molecule has 0 unspecified atom stereocenters. The highest BCUT2D eigenvalue weighted by atomic mass is 19.4. The monoisotopic (exact) mass is 439 g/mol. The number of carbonyl (C=O) groups is 1. The van der Waals surface area contributed by atoms with Crippen LogP contribution in [-0.2, 0) is 12.6 Å². The lowest BCUT2D eigenvalue weighted by atomic mass is 10.0. The lowest BCUT2D eigenvalue weighted by Gasteiger charge is -2.34. The first-order valence-corrected chi connectivity index (χ1v) is 10.8. The molecule has 2 heterocycles. The van der Waals surface area contributed by atoms with Gasteiger partial charge in [-0.05, 0) is 66.9 Å². The van der Waals surface area contributed by atoms with Crippen molar-refractivity contribution >= 4 is 28.1 Å². The molecule has 0 spiro atoms. The van der Waals surface area contributed by atoms with Crippen molar-refractivity contribution in [1.82, 2.24) is 4.90 Å². The molecule has 4 nitrogen and oxygen atoms in total. The van der Waals surface area contributed by atoms with Crippen LogP contribution in [0.3, 0.4) is 0 Å². The van der Waals surface area contributed by atoms with Crippen LogP contribution < -0.4 is 9.80 Å². The van der Waals surface area contributed by atoms with Crippen molar-refractivity contribution < 1.29 is 18.0 Å². The number of likely N-dealkylation sites (N-methyl/N-ethyl adjacent to an activating group) is 1. The van der Waals surface area contributed by atoms with Gasteiger partial charge in [-0.2, -0.15) is 13.2 Å². The molecule has 1 amide bonds. The van der Waals surface area contributed by atoms with Gasteiger partial charge in [0.25, 0.3) is 5.91 Å². The van der Waals surface area contributed by atoms with Crippen LogP contribution in [0.5, 0.6) is 0 Å². The van der Waals surface area contributed by atoms with Crippen molar-refractivity contribution in [1.29, 1.82) is 0 Å². The predicted octanol–water partition coefficient (Wildman–Crippen LogP) is 4.81. The Morgan fingerprint density at radius 1 is 0.875 bits per heavy atom. The molecule has 0 aromatic heterocycles. The van der Waals surface area contributed by atoms with Gasteiger partial charge in [-0.1, -0.05) is 12.1 Å². The Balaban J connectivity index is 1.49. The van der Waals surface area contributed by atoms with Crippen LogP contribution in [0.15, 0.2) is 54.6 Å². The first kappa shape index (κ1) is 20.8. The molecule has 0 N–H and O–H groups in total. The van der Waals surface area contributed by atoms with E-state index in [4.69, 9.17) is 0 Å². The summed E-state index contributed by atoms with van der Waals surface area (Å²) in [6, 6.07) is 15.0. The van der Waals surface area contributed by atoms with Crippen LogP contribution in [0.1, 0.15) is 21.5 Å². The Hall–Kier alpha value is -3.06. The van der Waals surface area contributed by atoms with Crippen LogP contribution in [-0.4, -0.2) is 50.6 Å². The second-order valence-corrected chi connectivity index (χ2v) is 8.55. The number of benzene rings is 3. The molecule has 3 aromatic rings. The molecule has 0 atom stereocenters. The minimum Gasteiger partial charge on any atom is -0.368 e. The van der Waals surface area contributed by atoms with Gasteiger partial charge in [0, 0.05) is 55.0 Å². The summed E-state index contributed by atoms with van der Waals surface area (Å²) in [5.74, 6) is -0.270. The third kappa shape index (κ3) is 3.71. The summed E-state index contributed by atoms with van der Waals surface area (Å²) in [7, 11) is 2.12. The standard InChI is InChI=1S/C25H24F3N3O/c1-29-11-13-30(14-12-29)22-4-2-3-18-15-19-9-10-31(23(19)16-21(18)22)24(32)17-5-7-20(8-6-17)25(26,27)28/h2-8,15-16H,9-14H2,1H3. The number of carbonyl (C=O) groups excluding carboxylic acids is 1. The highest BCUT2D eigenvalue weighted by Crippen LogP contribution is 2.37. The quantitative estimate of drug-likeness (QED) is 0.573. The molecule has 0 radical (unpaired) electrons. The molecule has 5 rings (SSSR count). The van der Waals surface area contributed by atoms with Crippen molar-refractivity contribution in [2.45, 2.75) is 12.6 Å². The Morgan fingerprint density at radius 2 is 1.59 bits per heavy atom. The first-order valence-electron chi connectivity index (χ1n) is 10.8. The number of halogens is 3. The van der Waals surface area contributed by atoms with E-state index in [-0.39, 0.29) is 11.5 Å². The zero-order chi connectivity index (χ0) is 22.5. The van der Waals surface area contributed by atoms with Crippen molar-refractivity contribution in [3.63, 3.8) is 0 Å². The third-order valence-corrected chi connectivity index (χ3v) is 6.50. The number of amides is 1. The van der Waals surface area contributed by atoms with E-state index in [1.165, 1.54) is 12.1 Å². The molecule has 1 saturated heterocycles. The summed E-state index contributed by atoms with van der Waals surface area (Å²) in [5.41, 5.74) is 2.61. The molecule has 2 aliphatic heterocycles. The predicted molar refractivity (Wildman–Crippen MR) is 120 cm³/mol. The SMILES string of the molecule is CN1CCN(c2cccc3cc4c(cc23)N(C(=O)c2ccc(C(F)(F)F)cc2)CC4)CC1. The van der Waals surface area contributed by atoms with E-state index in [2.05, 4.69) is 47.2 Å². The van der Waals surface area contributed by atoms with E-state index in [0.29, 0.717) is 6.54 Å². The van der Waals surface area contributed by atoms with E-state index in [9.17, 15) is 18.0 Å². The van der Waals surface area contributed by atoms with E-state index in [1.807, 2.05) is 0 Å². The van der Waals surface area contributed by atoms with Crippen molar-refractivity contribution in [2.24, 2.45) is 0 Å². The van der Waals surface area contributed by atoms with Gasteiger partial charge in [0.15, 0.2) is 0 Å². The lowest BCUT2D eigenvalue weighted by Crippen LogP contribution is -2.44. The van der Waals surface area contributed by atoms with Gasteiger partial charge in [-0.15, -0.1) is 0 Å². The number of nitrogens with zero attached hydrogens (tertiary/aromatic N) is 3. The molecule has 2 aliphatic rings. The number of hydrogen-bond acceptors (Lipinski definition) is 3. The van der Waals surface area contributed by atoms with Crippen LogP contribution in [0, 0.1) is 0 Å². The van der Waals surface area contributed by atoms with Gasteiger partial charge in [0.1, 0.15) is 0 Å². The molecule has 1 fully saturated rings. The second kappa shape index (κ2) is 7.81. The molecule has 7 heteroatoms. The van der Waals surface area contributed by atoms with Gasteiger partial charge >= 0.3 is 6.18 Å². The Labute approximate surface area is 184 Å². The zero-order valence-electron chi connectivity index (χ0n) is 17.8. The van der Waals surface area contributed by atoms with Gasteiger partial charge in [-0.3, -0.25) is 4.79 Å². The number of anilines is 2. The van der Waals surface area contributed by atoms with Crippen LogP contribution in [0.2, 0.25) is 0 Å². The summed E-state index contributed by atoms with van der Waals surface area (Å²) in [5, 5.41) is 2.24. The van der Waals surface area contributed by atoms with E-state index in [0.717, 1.165) is 72.4 Å². The second-order valence-electron chi connectivity index (χ2n) is 8.55. The summed E-state index contributed by atoms with van der Waals surface area (Å²) in [4.78, 5) is 19.5. The van der Waals surface area contributed by atoms with Gasteiger partial charge < -0.3 is 14.7 Å². The van der Waals surface area contributed by atoms with Crippen LogP contribution in [0.25, 0.3) is 10.8 Å². The largest absolute Gasteiger partial charge is 0.416 e. The molecule has 0 aliphatic carbocycles. The summed E-state index contributed by atoms with van der Waals surface area (Å²) in [6.45, 7) is 4.41. The minimum atomic E-state index is -4.42. The average Bonchev–Trinajstić information content (AvgIpc) is 3.19. The van der Waals surface area contributed by atoms with E-state index < -0.39 is 11.7 Å². The summed E-state index contributed by atoms with van der Waals surface area (Å²) < 4.78 is 38.6. The number of piperazine rings is 1. The molecular weight excluding hydrogens is 415 g/mol. The van der Waals surface area contributed by atoms with E-state index >= 15 is 0 Å². The molecule has 166 valence electrons. The van der Waals surface area contributed by atoms with Crippen molar-refractivity contribution in [2.75, 3.05) is 49.6 Å². The molecule has 3 aromatic carbocycles. The number of hydrogen-bond donors (Lipinski definition) is 0. The number of alkyl halides is 3. The lowest BCUT2D eigenvalue weighted by molar-refractivity contribution is -0.137. The Kier molecular flexibility index (Phi) is 5.08. The fourth-order valence-electron chi connectivity index (χ4n) is 4.64. The average molecular weight is 439 g/mol. The fourth-order valence-corrected chi connectivity index (χ4v) is 4.64. The van der Waals surface area contributed by atoms with Crippen LogP contribution >= 0.6 is 0 Å². The molecular formula is C25H24F3N3O. The summed E-state index contributed by atoms with van der Waals surface area (Å²) in [6.07, 6.45) is -3.68. The van der Waals surface area contributed by atoms with Crippen molar-refractivity contribution in [3.8, 4) is 0 Å². The normalized spacial score (nSPS) is 17.1. The maximum Gasteiger partial charge on any atom is 0.416 e. The van der Waals surface area contributed by atoms with Gasteiger partial charge in [0.2, 0.25) is 0 Å². The van der Waals surface area contributed by atoms with Gasteiger partial charge in [-0.25, -0.2) is 0 Å². The highest BCUT2D eigenvalue weighted by Gasteiger charge is 2.31. The molecule has 32 heavy (non-hydrogen) atoms. The number of rotatable bonds is 2. The van der Waals surface area contributed by atoms with E-state index in [1.54, 1.807) is 4.90 Å². The molecule has 0 saturated carbocycles. The van der Waals surface area contributed by atoms with Crippen LogP contribution in [0.4, 0.5) is 24.5 Å². The smallest absolute Gasteiger partial charge is 0.368 e. The van der Waals surface area contributed by atoms with Crippen molar-refractivity contribution in [3.05, 3.63) is 71.3 Å². The third-order valence-electron chi connectivity index (χ3n) is 6.50. The first-order chi connectivity index (χ1) is 15.3. The maximum atomic E-state index is 13.2. The maximum absolute atomic E-state index is 13.2. The summed E-state index contributed by atoms with van der Waals surface area (Å²) >= 11 is 0. The zero-order valence-corrected chi connectivity index (χ0v) is 17.8.